The maximum atomic E-state index is 13.0. The summed E-state index contributed by atoms with van der Waals surface area (Å²) in [6.07, 6.45) is 0.295. The molecule has 1 fully saturated rings. The molecule has 1 saturated heterocycles. The topological polar surface area (TPSA) is 84.9 Å². The number of thioether (sulfide) groups is 1. The first-order chi connectivity index (χ1) is 15.3. The van der Waals surface area contributed by atoms with Crippen LogP contribution in [0.2, 0.25) is 0 Å². The number of anilines is 1. The van der Waals surface area contributed by atoms with Crippen molar-refractivity contribution in [2.24, 2.45) is 0 Å². The Bertz CT molecular complexity index is 1050. The standard InChI is InChI=1S/C23H30N2O5S2/c1-4-30-22-8-7-20(32(27,28)25-10-12-29-13-11-25)16-21(22)24-23(26)9-14-31-19-6-5-17(2)18(3)15-19/h5-8,15-16H,4,9-14H2,1-3H3,(H,24,26). The molecule has 3 rings (SSSR count). The van der Waals surface area contributed by atoms with Crippen LogP contribution >= 0.6 is 11.8 Å². The molecular weight excluding hydrogens is 448 g/mol. The molecule has 1 aliphatic heterocycles. The van der Waals surface area contributed by atoms with Crippen LogP contribution in [0.3, 0.4) is 0 Å². The van der Waals surface area contributed by atoms with Crippen molar-refractivity contribution < 1.29 is 22.7 Å². The molecular formula is C23H30N2O5S2. The molecule has 0 radical (unpaired) electrons. The summed E-state index contributed by atoms with van der Waals surface area (Å²) in [4.78, 5) is 13.8. The molecule has 0 aromatic heterocycles. The maximum Gasteiger partial charge on any atom is 0.243 e. The van der Waals surface area contributed by atoms with E-state index in [4.69, 9.17) is 9.47 Å². The summed E-state index contributed by atoms with van der Waals surface area (Å²) in [6, 6.07) is 10.8. The Labute approximate surface area is 194 Å². The van der Waals surface area contributed by atoms with Crippen molar-refractivity contribution in [3.63, 3.8) is 0 Å². The Hall–Kier alpha value is -2.07. The van der Waals surface area contributed by atoms with Crippen molar-refractivity contribution in [1.29, 1.82) is 0 Å². The zero-order valence-corrected chi connectivity index (χ0v) is 20.4. The molecule has 0 spiro atoms. The Morgan fingerprint density at radius 3 is 2.56 bits per heavy atom. The van der Waals surface area contributed by atoms with Gasteiger partial charge in [-0.15, -0.1) is 11.8 Å². The molecule has 174 valence electrons. The number of nitrogens with one attached hydrogen (secondary N) is 1. The molecule has 0 unspecified atom stereocenters. The number of sulfonamides is 1. The average Bonchev–Trinajstić information content (AvgIpc) is 2.78. The predicted molar refractivity (Wildman–Crippen MR) is 127 cm³/mol. The van der Waals surface area contributed by atoms with Crippen LogP contribution in [0.4, 0.5) is 5.69 Å². The van der Waals surface area contributed by atoms with Crippen LogP contribution in [0.15, 0.2) is 46.2 Å². The molecule has 0 aliphatic carbocycles. The predicted octanol–water partition coefficient (Wildman–Crippen LogP) is 3.84. The van der Waals surface area contributed by atoms with E-state index < -0.39 is 10.0 Å². The number of hydrogen-bond acceptors (Lipinski definition) is 6. The van der Waals surface area contributed by atoms with Crippen LogP contribution < -0.4 is 10.1 Å². The monoisotopic (exact) mass is 478 g/mol. The minimum absolute atomic E-state index is 0.127. The molecule has 0 saturated carbocycles. The van der Waals surface area contributed by atoms with Gasteiger partial charge in [0, 0.05) is 30.2 Å². The molecule has 0 bridgehead atoms. The van der Waals surface area contributed by atoms with Crippen LogP contribution in [-0.4, -0.2) is 57.3 Å². The zero-order chi connectivity index (χ0) is 23.1. The fraction of sp³-hybridized carbons (Fsp3) is 0.435. The number of benzene rings is 2. The molecule has 1 N–H and O–H groups in total. The summed E-state index contributed by atoms with van der Waals surface area (Å²) in [7, 11) is -3.67. The van der Waals surface area contributed by atoms with Crippen molar-refractivity contribution in [3.8, 4) is 5.75 Å². The number of morpholine rings is 1. The molecule has 2 aromatic rings. The summed E-state index contributed by atoms with van der Waals surface area (Å²) in [6.45, 7) is 7.75. The summed E-state index contributed by atoms with van der Waals surface area (Å²) in [5.74, 6) is 0.871. The molecule has 32 heavy (non-hydrogen) atoms. The number of hydrogen-bond donors (Lipinski definition) is 1. The fourth-order valence-corrected chi connectivity index (χ4v) is 5.64. The first-order valence-corrected chi connectivity index (χ1v) is 13.1. The maximum absolute atomic E-state index is 13.0. The Balaban J connectivity index is 1.68. The number of carbonyl (C=O) groups is 1. The van der Waals surface area contributed by atoms with Gasteiger partial charge in [0.1, 0.15) is 5.75 Å². The number of nitrogens with zero attached hydrogens (tertiary/aromatic N) is 1. The van der Waals surface area contributed by atoms with Gasteiger partial charge in [-0.3, -0.25) is 4.79 Å². The lowest BCUT2D eigenvalue weighted by Gasteiger charge is -2.26. The molecule has 0 atom stereocenters. The van der Waals surface area contributed by atoms with Gasteiger partial charge < -0.3 is 14.8 Å². The van der Waals surface area contributed by atoms with E-state index in [0.29, 0.717) is 56.5 Å². The van der Waals surface area contributed by atoms with Gasteiger partial charge in [-0.05, 0) is 62.2 Å². The van der Waals surface area contributed by atoms with Crippen molar-refractivity contribution in [2.45, 2.75) is 37.0 Å². The largest absolute Gasteiger partial charge is 0.492 e. The minimum atomic E-state index is -3.67. The molecule has 7 nitrogen and oxygen atoms in total. The van der Waals surface area contributed by atoms with E-state index in [9.17, 15) is 13.2 Å². The number of ether oxygens (including phenoxy) is 2. The first-order valence-electron chi connectivity index (χ1n) is 10.7. The van der Waals surface area contributed by atoms with Gasteiger partial charge in [-0.1, -0.05) is 6.07 Å². The smallest absolute Gasteiger partial charge is 0.243 e. The van der Waals surface area contributed by atoms with Gasteiger partial charge in [0.05, 0.1) is 30.4 Å². The van der Waals surface area contributed by atoms with Crippen molar-refractivity contribution in [1.82, 2.24) is 4.31 Å². The lowest BCUT2D eigenvalue weighted by atomic mass is 10.1. The van der Waals surface area contributed by atoms with E-state index in [1.165, 1.54) is 27.6 Å². The Morgan fingerprint density at radius 1 is 1.12 bits per heavy atom. The van der Waals surface area contributed by atoms with Gasteiger partial charge in [-0.25, -0.2) is 8.42 Å². The third-order valence-electron chi connectivity index (χ3n) is 5.21. The normalized spacial score (nSPS) is 14.8. The Kier molecular flexibility index (Phi) is 8.58. The van der Waals surface area contributed by atoms with Crippen molar-refractivity contribution >= 4 is 33.4 Å². The highest BCUT2D eigenvalue weighted by Gasteiger charge is 2.27. The fourth-order valence-electron chi connectivity index (χ4n) is 3.26. The van der Waals surface area contributed by atoms with Crippen molar-refractivity contribution in [2.75, 3.05) is 44.0 Å². The highest BCUT2D eigenvalue weighted by molar-refractivity contribution is 7.99. The second-order valence-corrected chi connectivity index (χ2v) is 10.6. The summed E-state index contributed by atoms with van der Waals surface area (Å²) >= 11 is 1.62. The number of aryl methyl sites for hydroxylation is 2. The van der Waals surface area contributed by atoms with E-state index in [0.717, 1.165) is 4.90 Å². The average molecular weight is 479 g/mol. The van der Waals surface area contributed by atoms with Crippen LogP contribution in [0.5, 0.6) is 5.75 Å². The lowest BCUT2D eigenvalue weighted by Crippen LogP contribution is -2.40. The van der Waals surface area contributed by atoms with Gasteiger partial charge in [0.2, 0.25) is 15.9 Å². The summed E-state index contributed by atoms with van der Waals surface area (Å²) < 4.78 is 38.2. The van der Waals surface area contributed by atoms with Gasteiger partial charge in [0.15, 0.2) is 0 Å². The summed E-state index contributed by atoms with van der Waals surface area (Å²) in [5, 5.41) is 2.83. The van der Waals surface area contributed by atoms with Gasteiger partial charge in [-0.2, -0.15) is 4.31 Å². The molecule has 1 amide bonds. The third kappa shape index (κ3) is 6.25. The van der Waals surface area contributed by atoms with Crippen LogP contribution in [0.25, 0.3) is 0 Å². The third-order valence-corrected chi connectivity index (χ3v) is 8.10. The zero-order valence-electron chi connectivity index (χ0n) is 18.7. The number of rotatable bonds is 9. The quantitative estimate of drug-likeness (QED) is 0.551. The second-order valence-electron chi connectivity index (χ2n) is 7.50. The van der Waals surface area contributed by atoms with E-state index in [1.807, 2.05) is 6.92 Å². The van der Waals surface area contributed by atoms with Gasteiger partial charge in [0.25, 0.3) is 0 Å². The van der Waals surface area contributed by atoms with Crippen LogP contribution in [-0.2, 0) is 19.6 Å². The molecule has 1 aliphatic rings. The molecule has 9 heteroatoms. The molecule has 1 heterocycles. The first kappa shape index (κ1) is 24.6. The van der Waals surface area contributed by atoms with E-state index >= 15 is 0 Å². The second kappa shape index (κ2) is 11.2. The van der Waals surface area contributed by atoms with Gasteiger partial charge >= 0.3 is 0 Å². The van der Waals surface area contributed by atoms with Crippen LogP contribution in [0, 0.1) is 13.8 Å². The van der Waals surface area contributed by atoms with Crippen molar-refractivity contribution in [3.05, 3.63) is 47.5 Å². The van der Waals surface area contributed by atoms with E-state index in [-0.39, 0.29) is 10.8 Å². The Morgan fingerprint density at radius 2 is 1.88 bits per heavy atom. The minimum Gasteiger partial charge on any atom is -0.492 e. The number of carbonyl (C=O) groups excluding carboxylic acids is 1. The molecule has 2 aromatic carbocycles. The summed E-state index contributed by atoms with van der Waals surface area (Å²) in [5.41, 5.74) is 2.82. The lowest BCUT2D eigenvalue weighted by molar-refractivity contribution is -0.115. The number of amides is 1. The highest BCUT2D eigenvalue weighted by atomic mass is 32.2. The SMILES string of the molecule is CCOc1ccc(S(=O)(=O)N2CCOCC2)cc1NC(=O)CCSc1ccc(C)c(C)c1. The van der Waals surface area contributed by atoms with E-state index in [1.54, 1.807) is 17.8 Å². The van der Waals surface area contributed by atoms with Crippen LogP contribution in [0.1, 0.15) is 24.5 Å². The van der Waals surface area contributed by atoms with E-state index in [2.05, 4.69) is 37.4 Å². The highest BCUT2D eigenvalue weighted by Crippen LogP contribution is 2.30.